The molecule has 1 amide bonds. The van der Waals surface area contributed by atoms with Gasteiger partial charge < -0.3 is 14.1 Å². The predicted molar refractivity (Wildman–Crippen MR) is 113 cm³/mol. The van der Waals surface area contributed by atoms with Crippen LogP contribution < -0.4 is 4.74 Å². The molecule has 0 spiro atoms. The van der Waals surface area contributed by atoms with Crippen LogP contribution in [-0.2, 0) is 24.1 Å². The molecule has 1 fully saturated rings. The van der Waals surface area contributed by atoms with Crippen LogP contribution in [0.1, 0.15) is 48.2 Å². The van der Waals surface area contributed by atoms with Gasteiger partial charge in [-0.15, -0.1) is 10.2 Å². The SMILES string of the molecule is COc1ccccc1CCc1nnc(CCC(=O)N2CCCC2c2ccc(F)cc2)o1. The zero-order valence-corrected chi connectivity index (χ0v) is 17.6. The number of para-hydroxylation sites is 1. The van der Waals surface area contributed by atoms with Gasteiger partial charge in [0.15, 0.2) is 0 Å². The lowest BCUT2D eigenvalue weighted by Gasteiger charge is -2.25. The molecule has 3 aromatic rings. The van der Waals surface area contributed by atoms with Gasteiger partial charge in [0.1, 0.15) is 11.6 Å². The number of aryl methyl sites for hydroxylation is 3. The lowest BCUT2D eigenvalue weighted by molar-refractivity contribution is -0.132. The van der Waals surface area contributed by atoms with Gasteiger partial charge in [0.05, 0.1) is 13.2 Å². The van der Waals surface area contributed by atoms with Crippen molar-refractivity contribution >= 4 is 5.91 Å². The van der Waals surface area contributed by atoms with Crippen molar-refractivity contribution in [3.05, 3.63) is 77.3 Å². The molecule has 1 atom stereocenters. The summed E-state index contributed by atoms with van der Waals surface area (Å²) in [7, 11) is 1.65. The number of benzene rings is 2. The van der Waals surface area contributed by atoms with Crippen LogP contribution in [0.2, 0.25) is 0 Å². The fourth-order valence-electron chi connectivity index (χ4n) is 4.10. The van der Waals surface area contributed by atoms with Crippen molar-refractivity contribution in [1.29, 1.82) is 0 Å². The van der Waals surface area contributed by atoms with E-state index in [1.54, 1.807) is 19.2 Å². The Bertz CT molecular complexity index is 1020. The van der Waals surface area contributed by atoms with Crippen molar-refractivity contribution in [2.75, 3.05) is 13.7 Å². The van der Waals surface area contributed by atoms with E-state index in [1.165, 1.54) is 12.1 Å². The Morgan fingerprint density at radius 1 is 1.10 bits per heavy atom. The summed E-state index contributed by atoms with van der Waals surface area (Å²) in [6, 6.07) is 14.3. The van der Waals surface area contributed by atoms with E-state index >= 15 is 0 Å². The molecule has 1 aliphatic heterocycles. The van der Waals surface area contributed by atoms with Crippen LogP contribution in [0.3, 0.4) is 0 Å². The Kier molecular flexibility index (Phi) is 6.60. The minimum Gasteiger partial charge on any atom is -0.496 e. The summed E-state index contributed by atoms with van der Waals surface area (Å²) in [5, 5.41) is 8.21. The number of halogens is 1. The second kappa shape index (κ2) is 9.73. The van der Waals surface area contributed by atoms with Crippen molar-refractivity contribution in [1.82, 2.24) is 15.1 Å². The molecule has 6 nitrogen and oxygen atoms in total. The number of hydrogen-bond donors (Lipinski definition) is 0. The summed E-state index contributed by atoms with van der Waals surface area (Å²) >= 11 is 0. The molecule has 7 heteroatoms. The molecular weight excluding hydrogens is 397 g/mol. The molecule has 162 valence electrons. The normalized spacial score (nSPS) is 15.9. The average Bonchev–Trinajstić information content (AvgIpc) is 3.46. The molecule has 2 heterocycles. The first-order valence-corrected chi connectivity index (χ1v) is 10.6. The topological polar surface area (TPSA) is 68.5 Å². The van der Waals surface area contributed by atoms with Crippen LogP contribution in [-0.4, -0.2) is 34.7 Å². The highest BCUT2D eigenvalue weighted by Crippen LogP contribution is 2.32. The van der Waals surface area contributed by atoms with Crippen LogP contribution in [0.5, 0.6) is 5.75 Å². The Balaban J connectivity index is 1.30. The summed E-state index contributed by atoms with van der Waals surface area (Å²) in [6.45, 7) is 0.717. The van der Waals surface area contributed by atoms with E-state index in [-0.39, 0.29) is 17.8 Å². The van der Waals surface area contributed by atoms with E-state index in [4.69, 9.17) is 9.15 Å². The monoisotopic (exact) mass is 423 g/mol. The van der Waals surface area contributed by atoms with Gasteiger partial charge in [-0.1, -0.05) is 30.3 Å². The van der Waals surface area contributed by atoms with Gasteiger partial charge in [-0.25, -0.2) is 4.39 Å². The summed E-state index contributed by atoms with van der Waals surface area (Å²) in [4.78, 5) is 14.7. The smallest absolute Gasteiger partial charge is 0.223 e. The Hall–Kier alpha value is -3.22. The van der Waals surface area contributed by atoms with Crippen LogP contribution >= 0.6 is 0 Å². The number of likely N-dealkylation sites (tertiary alicyclic amines) is 1. The molecule has 0 radical (unpaired) electrons. The van der Waals surface area contributed by atoms with E-state index in [9.17, 15) is 9.18 Å². The van der Waals surface area contributed by atoms with Crippen molar-refractivity contribution < 1.29 is 18.3 Å². The van der Waals surface area contributed by atoms with Crippen molar-refractivity contribution in [2.45, 2.75) is 44.6 Å². The molecule has 0 aliphatic carbocycles. The third kappa shape index (κ3) is 5.10. The zero-order valence-electron chi connectivity index (χ0n) is 17.6. The molecule has 0 N–H and O–H groups in total. The third-order valence-electron chi connectivity index (χ3n) is 5.69. The summed E-state index contributed by atoms with van der Waals surface area (Å²) in [6.07, 6.45) is 3.91. The number of aromatic nitrogens is 2. The van der Waals surface area contributed by atoms with Gasteiger partial charge >= 0.3 is 0 Å². The summed E-state index contributed by atoms with van der Waals surface area (Å²) in [5.41, 5.74) is 2.06. The maximum Gasteiger partial charge on any atom is 0.223 e. The fraction of sp³-hybridized carbons (Fsp3) is 0.375. The Labute approximate surface area is 181 Å². The zero-order chi connectivity index (χ0) is 21.6. The standard InChI is InChI=1S/C24H26FN3O3/c1-30-21-7-3-2-5-18(21)10-13-22-26-27-23(31-22)14-15-24(29)28-16-4-6-20(28)17-8-11-19(25)12-9-17/h2-3,5,7-9,11-12,20H,4,6,10,13-16H2,1H3. The van der Waals surface area contributed by atoms with Crippen LogP contribution in [0.4, 0.5) is 4.39 Å². The number of rotatable bonds is 8. The van der Waals surface area contributed by atoms with Gasteiger partial charge in [0.25, 0.3) is 0 Å². The molecule has 4 rings (SSSR count). The average molecular weight is 423 g/mol. The Morgan fingerprint density at radius 2 is 1.84 bits per heavy atom. The van der Waals surface area contributed by atoms with E-state index in [1.807, 2.05) is 29.2 Å². The second-order valence-corrected chi connectivity index (χ2v) is 7.70. The number of carbonyl (C=O) groups excluding carboxylic acids is 1. The maximum absolute atomic E-state index is 13.2. The third-order valence-corrected chi connectivity index (χ3v) is 5.69. The lowest BCUT2D eigenvalue weighted by Crippen LogP contribution is -2.30. The molecular formula is C24H26FN3O3. The van der Waals surface area contributed by atoms with Gasteiger partial charge in [-0.2, -0.15) is 0 Å². The fourth-order valence-corrected chi connectivity index (χ4v) is 4.10. The largest absolute Gasteiger partial charge is 0.496 e. The van der Waals surface area contributed by atoms with Crippen molar-refractivity contribution in [3.63, 3.8) is 0 Å². The van der Waals surface area contributed by atoms with E-state index in [2.05, 4.69) is 10.2 Å². The maximum atomic E-state index is 13.2. The van der Waals surface area contributed by atoms with Crippen molar-refractivity contribution in [2.24, 2.45) is 0 Å². The number of methoxy groups -OCH3 is 1. The number of ether oxygens (including phenoxy) is 1. The number of hydrogen-bond acceptors (Lipinski definition) is 5. The van der Waals surface area contributed by atoms with Crippen molar-refractivity contribution in [3.8, 4) is 5.75 Å². The van der Waals surface area contributed by atoms with Crippen LogP contribution in [0.25, 0.3) is 0 Å². The molecule has 0 bridgehead atoms. The highest BCUT2D eigenvalue weighted by atomic mass is 19.1. The lowest BCUT2D eigenvalue weighted by atomic mass is 10.0. The molecule has 1 saturated heterocycles. The summed E-state index contributed by atoms with van der Waals surface area (Å²) < 4.78 is 24.3. The first-order chi connectivity index (χ1) is 15.1. The van der Waals surface area contributed by atoms with Gasteiger partial charge in [0, 0.05) is 25.8 Å². The van der Waals surface area contributed by atoms with E-state index in [0.29, 0.717) is 31.0 Å². The highest BCUT2D eigenvalue weighted by molar-refractivity contribution is 5.77. The van der Waals surface area contributed by atoms with Gasteiger partial charge in [-0.3, -0.25) is 4.79 Å². The molecule has 1 unspecified atom stereocenters. The van der Waals surface area contributed by atoms with Gasteiger partial charge in [0.2, 0.25) is 17.7 Å². The molecule has 1 aromatic heterocycles. The first kappa shape index (κ1) is 21.0. The molecule has 2 aromatic carbocycles. The van der Waals surface area contributed by atoms with E-state index in [0.717, 1.165) is 42.7 Å². The summed E-state index contributed by atoms with van der Waals surface area (Å²) in [5.74, 6) is 1.66. The molecule has 1 aliphatic rings. The molecule has 0 saturated carbocycles. The number of nitrogens with zero attached hydrogens (tertiary/aromatic N) is 3. The van der Waals surface area contributed by atoms with Crippen LogP contribution in [0, 0.1) is 5.82 Å². The predicted octanol–water partition coefficient (Wildman–Crippen LogP) is 4.30. The van der Waals surface area contributed by atoms with Gasteiger partial charge in [-0.05, 0) is 48.6 Å². The minimum absolute atomic E-state index is 0.00667. The second-order valence-electron chi connectivity index (χ2n) is 7.70. The number of carbonyl (C=O) groups is 1. The quantitative estimate of drug-likeness (QED) is 0.540. The molecule has 31 heavy (non-hydrogen) atoms. The number of amides is 1. The minimum atomic E-state index is -0.266. The first-order valence-electron chi connectivity index (χ1n) is 10.6. The highest BCUT2D eigenvalue weighted by Gasteiger charge is 2.29. The van der Waals surface area contributed by atoms with Crippen LogP contribution in [0.15, 0.2) is 52.9 Å². The Morgan fingerprint density at radius 3 is 2.61 bits per heavy atom. The van der Waals surface area contributed by atoms with E-state index < -0.39 is 0 Å².